The molecular weight excluding hydrogens is 177 g/mol. The first kappa shape index (κ1) is 10.1. The Morgan fingerprint density at radius 3 is 2.31 bits per heavy atom. The van der Waals surface area contributed by atoms with Crippen molar-refractivity contribution in [1.82, 2.24) is 0 Å². The van der Waals surface area contributed by atoms with Crippen LogP contribution in [0, 0.1) is 6.92 Å². The molecule has 0 spiro atoms. The van der Waals surface area contributed by atoms with Crippen LogP contribution in [0.5, 0.6) is 0 Å². The highest BCUT2D eigenvalue weighted by atomic mass is 19.4. The number of hydrogen-bond acceptors (Lipinski definition) is 0. The first-order chi connectivity index (χ1) is 5.95. The van der Waals surface area contributed by atoms with Crippen LogP contribution in [0.3, 0.4) is 0 Å². The molecule has 0 radical (unpaired) electrons. The average Bonchev–Trinajstić information content (AvgIpc) is 2.01. The summed E-state index contributed by atoms with van der Waals surface area (Å²) >= 11 is 0. The van der Waals surface area contributed by atoms with Gasteiger partial charge in [-0.05, 0) is 25.0 Å². The summed E-state index contributed by atoms with van der Waals surface area (Å²) in [5.41, 5.74) is 0.720. The number of alkyl halides is 3. The van der Waals surface area contributed by atoms with Crippen molar-refractivity contribution < 1.29 is 13.2 Å². The summed E-state index contributed by atoms with van der Waals surface area (Å²) in [6.07, 6.45) is -3.81. The van der Waals surface area contributed by atoms with Crippen molar-refractivity contribution in [2.75, 3.05) is 0 Å². The zero-order chi connectivity index (χ0) is 10.1. The first-order valence-electron chi connectivity index (χ1n) is 4.12. The Balaban J connectivity index is 3.22. The normalized spacial score (nSPS) is 11.8. The van der Waals surface area contributed by atoms with E-state index in [0.717, 1.165) is 11.6 Å². The van der Waals surface area contributed by atoms with Crippen LogP contribution in [0.2, 0.25) is 0 Å². The van der Waals surface area contributed by atoms with Crippen LogP contribution >= 0.6 is 0 Å². The summed E-state index contributed by atoms with van der Waals surface area (Å²) < 4.78 is 37.1. The highest BCUT2D eigenvalue weighted by molar-refractivity contribution is 5.33. The molecular formula is C10H11F3. The van der Waals surface area contributed by atoms with Crippen molar-refractivity contribution in [1.29, 1.82) is 0 Å². The Kier molecular flexibility index (Phi) is 2.64. The topological polar surface area (TPSA) is 0 Å². The number of halogens is 3. The van der Waals surface area contributed by atoms with E-state index >= 15 is 0 Å². The first-order valence-corrected chi connectivity index (χ1v) is 4.12. The summed E-state index contributed by atoms with van der Waals surface area (Å²) in [6, 6.07) is 4.22. The van der Waals surface area contributed by atoms with E-state index in [1.54, 1.807) is 19.9 Å². The smallest absolute Gasteiger partial charge is 0.166 e. The van der Waals surface area contributed by atoms with Gasteiger partial charge in [-0.1, -0.05) is 24.6 Å². The van der Waals surface area contributed by atoms with E-state index in [1.165, 1.54) is 6.07 Å². The van der Waals surface area contributed by atoms with Gasteiger partial charge in [0.05, 0.1) is 5.56 Å². The van der Waals surface area contributed by atoms with Gasteiger partial charge in [-0.2, -0.15) is 13.2 Å². The maximum absolute atomic E-state index is 12.4. The summed E-state index contributed by atoms with van der Waals surface area (Å²) in [7, 11) is 0. The fraction of sp³-hybridized carbons (Fsp3) is 0.400. The lowest BCUT2D eigenvalue weighted by atomic mass is 10.0. The molecule has 0 aliphatic heterocycles. The number of hydrogen-bond donors (Lipinski definition) is 0. The van der Waals surface area contributed by atoms with E-state index in [4.69, 9.17) is 0 Å². The van der Waals surface area contributed by atoms with Crippen LogP contribution in [-0.2, 0) is 12.6 Å². The lowest BCUT2D eigenvalue weighted by molar-refractivity contribution is -0.138. The van der Waals surface area contributed by atoms with E-state index in [-0.39, 0.29) is 0 Å². The maximum atomic E-state index is 12.4. The fourth-order valence-corrected chi connectivity index (χ4v) is 1.29. The van der Waals surface area contributed by atoms with Gasteiger partial charge in [0.15, 0.2) is 0 Å². The summed E-state index contributed by atoms with van der Waals surface area (Å²) in [5, 5.41) is 0. The number of benzene rings is 1. The van der Waals surface area contributed by atoms with Crippen molar-refractivity contribution in [2.45, 2.75) is 26.4 Å². The van der Waals surface area contributed by atoms with Crippen LogP contribution in [-0.4, -0.2) is 0 Å². The van der Waals surface area contributed by atoms with E-state index < -0.39 is 11.7 Å². The van der Waals surface area contributed by atoms with Gasteiger partial charge in [0, 0.05) is 0 Å². The van der Waals surface area contributed by atoms with Crippen molar-refractivity contribution in [3.8, 4) is 0 Å². The average molecular weight is 188 g/mol. The summed E-state index contributed by atoms with van der Waals surface area (Å²) in [5.74, 6) is 0. The molecule has 0 aromatic heterocycles. The van der Waals surface area contributed by atoms with Crippen molar-refractivity contribution in [3.05, 3.63) is 34.9 Å². The number of aryl methyl sites for hydroxylation is 2. The van der Waals surface area contributed by atoms with Gasteiger partial charge in [-0.15, -0.1) is 0 Å². The fourth-order valence-electron chi connectivity index (χ4n) is 1.29. The Morgan fingerprint density at radius 1 is 1.23 bits per heavy atom. The Morgan fingerprint density at radius 2 is 1.85 bits per heavy atom. The van der Waals surface area contributed by atoms with Crippen LogP contribution in [0.15, 0.2) is 18.2 Å². The molecule has 1 aromatic rings. The van der Waals surface area contributed by atoms with Gasteiger partial charge < -0.3 is 0 Å². The molecule has 0 aliphatic rings. The van der Waals surface area contributed by atoms with Gasteiger partial charge in [-0.3, -0.25) is 0 Å². The second-order valence-corrected chi connectivity index (χ2v) is 3.01. The molecule has 0 amide bonds. The van der Waals surface area contributed by atoms with Gasteiger partial charge >= 0.3 is 6.18 Å². The zero-order valence-electron chi connectivity index (χ0n) is 7.57. The lowest BCUT2D eigenvalue weighted by Gasteiger charge is -2.11. The molecule has 0 bridgehead atoms. The molecule has 0 heterocycles. The maximum Gasteiger partial charge on any atom is 0.416 e. The van der Waals surface area contributed by atoms with Gasteiger partial charge in [-0.25, -0.2) is 0 Å². The third-order valence-corrected chi connectivity index (χ3v) is 1.95. The molecule has 72 valence electrons. The summed E-state index contributed by atoms with van der Waals surface area (Å²) in [4.78, 5) is 0. The Hall–Kier alpha value is -0.990. The molecule has 13 heavy (non-hydrogen) atoms. The molecule has 0 aliphatic carbocycles. The summed E-state index contributed by atoms with van der Waals surface area (Å²) in [6.45, 7) is 3.52. The molecule has 0 N–H and O–H groups in total. The molecule has 3 heteroatoms. The predicted octanol–water partition coefficient (Wildman–Crippen LogP) is 3.58. The Labute approximate surface area is 75.4 Å². The number of rotatable bonds is 1. The molecule has 0 unspecified atom stereocenters. The Bertz CT molecular complexity index is 300. The molecule has 0 atom stereocenters. The lowest BCUT2D eigenvalue weighted by Crippen LogP contribution is -2.08. The minimum atomic E-state index is -4.22. The quantitative estimate of drug-likeness (QED) is 0.632. The molecule has 1 aromatic carbocycles. The molecule has 0 fully saturated rings. The van der Waals surface area contributed by atoms with Crippen molar-refractivity contribution in [2.24, 2.45) is 0 Å². The monoisotopic (exact) mass is 188 g/mol. The standard InChI is InChI=1S/C10H11F3/c1-3-8-6-7(2)4-5-9(8)10(11,12)13/h4-6H,3H2,1-2H3. The SMILES string of the molecule is CCc1cc(C)ccc1C(F)(F)F. The van der Waals surface area contributed by atoms with Crippen molar-refractivity contribution >= 4 is 0 Å². The zero-order valence-corrected chi connectivity index (χ0v) is 7.57. The van der Waals surface area contributed by atoms with E-state index in [9.17, 15) is 13.2 Å². The predicted molar refractivity (Wildman–Crippen MR) is 45.6 cm³/mol. The largest absolute Gasteiger partial charge is 0.416 e. The second kappa shape index (κ2) is 3.40. The van der Waals surface area contributed by atoms with E-state index in [2.05, 4.69) is 0 Å². The second-order valence-electron chi connectivity index (χ2n) is 3.01. The van der Waals surface area contributed by atoms with E-state index in [0.29, 0.717) is 12.0 Å². The minimum absolute atomic E-state index is 0.368. The highest BCUT2D eigenvalue weighted by Gasteiger charge is 2.32. The van der Waals surface area contributed by atoms with E-state index in [1.807, 2.05) is 0 Å². The minimum Gasteiger partial charge on any atom is -0.166 e. The van der Waals surface area contributed by atoms with Crippen LogP contribution < -0.4 is 0 Å². The van der Waals surface area contributed by atoms with Gasteiger partial charge in [0.1, 0.15) is 0 Å². The molecule has 0 saturated carbocycles. The van der Waals surface area contributed by atoms with Crippen LogP contribution in [0.4, 0.5) is 13.2 Å². The van der Waals surface area contributed by atoms with Gasteiger partial charge in [0.2, 0.25) is 0 Å². The van der Waals surface area contributed by atoms with Gasteiger partial charge in [0.25, 0.3) is 0 Å². The highest BCUT2D eigenvalue weighted by Crippen LogP contribution is 2.32. The molecule has 0 nitrogen and oxygen atoms in total. The third-order valence-electron chi connectivity index (χ3n) is 1.95. The van der Waals surface area contributed by atoms with Crippen LogP contribution in [0.1, 0.15) is 23.6 Å². The van der Waals surface area contributed by atoms with Crippen LogP contribution in [0.25, 0.3) is 0 Å². The molecule has 0 saturated heterocycles. The third kappa shape index (κ3) is 2.23. The molecule has 1 rings (SSSR count). The van der Waals surface area contributed by atoms with Crippen molar-refractivity contribution in [3.63, 3.8) is 0 Å².